The molecule has 0 aromatic carbocycles. The van der Waals surface area contributed by atoms with Crippen LogP contribution in [0.4, 0.5) is 0 Å². The summed E-state index contributed by atoms with van der Waals surface area (Å²) in [4.78, 5) is 17.0. The molecule has 1 aliphatic carbocycles. The zero-order valence-electron chi connectivity index (χ0n) is 18.4. The Hall–Kier alpha value is -0.810. The molecule has 0 saturated carbocycles. The predicted octanol–water partition coefficient (Wildman–Crippen LogP) is -0.270. The van der Waals surface area contributed by atoms with E-state index in [1.54, 1.807) is 12.2 Å². The van der Waals surface area contributed by atoms with Gasteiger partial charge in [-0.1, -0.05) is 44.9 Å². The van der Waals surface area contributed by atoms with Crippen LogP contribution in [0.3, 0.4) is 0 Å². The highest BCUT2D eigenvalue weighted by molar-refractivity contribution is 6.22. The van der Waals surface area contributed by atoms with Crippen molar-refractivity contribution >= 4 is 17.5 Å². The van der Waals surface area contributed by atoms with Crippen LogP contribution >= 0.6 is 11.6 Å². The first-order valence-electron chi connectivity index (χ1n) is 11.4. The Morgan fingerprint density at radius 2 is 1.83 bits per heavy atom. The van der Waals surface area contributed by atoms with Crippen molar-refractivity contribution < 1.29 is 27.2 Å². The lowest BCUT2D eigenvalue weighted by molar-refractivity contribution is -0.996. The maximum atomic E-state index is 13.6. The molecule has 5 aliphatic rings. The van der Waals surface area contributed by atoms with Gasteiger partial charge in [-0.3, -0.25) is 4.79 Å². The van der Waals surface area contributed by atoms with Crippen LogP contribution in [-0.4, -0.2) is 58.1 Å². The Kier molecular flexibility index (Phi) is 9.05. The van der Waals surface area contributed by atoms with Crippen LogP contribution in [0.25, 0.3) is 0 Å². The number of nitrogens with zero attached hydrogens (tertiary/aromatic N) is 1. The minimum Gasteiger partial charge on any atom is -1.00 e. The van der Waals surface area contributed by atoms with Crippen LogP contribution in [-0.2, 0) is 4.79 Å². The second-order valence-corrected chi connectivity index (χ2v) is 9.58. The summed E-state index contributed by atoms with van der Waals surface area (Å²) in [7, 11) is 0. The molecule has 0 aromatic rings. The minimum absolute atomic E-state index is 0. The molecular weight excluding hydrogens is 419 g/mol. The third-order valence-corrected chi connectivity index (χ3v) is 7.84. The smallest absolute Gasteiger partial charge is 0.238 e. The van der Waals surface area contributed by atoms with Crippen LogP contribution in [0.15, 0.2) is 37.5 Å². The number of fused-ring (bicyclic) bond motifs is 1. The number of quaternary nitrogens is 1. The number of carbonyl (C=O) groups excluding carboxylic acids is 1. The van der Waals surface area contributed by atoms with Crippen molar-refractivity contribution in [2.24, 2.45) is 11.8 Å². The second kappa shape index (κ2) is 10.7. The van der Waals surface area contributed by atoms with Gasteiger partial charge in [0.25, 0.3) is 0 Å². The number of unbranched alkanes of at least 4 members (excludes halogenated alkanes) is 2. The molecule has 4 nitrogen and oxygen atoms in total. The molecule has 2 fully saturated rings. The van der Waals surface area contributed by atoms with Gasteiger partial charge in [-0.2, -0.15) is 0 Å². The van der Waals surface area contributed by atoms with Gasteiger partial charge in [0, 0.05) is 12.5 Å². The summed E-state index contributed by atoms with van der Waals surface area (Å²) in [5.74, 6) is 0.00634. The molecule has 1 unspecified atom stereocenters. The molecule has 0 aromatic heterocycles. The number of carbonyl (C=O) groups is 1. The zero-order chi connectivity index (χ0) is 21.2. The van der Waals surface area contributed by atoms with Gasteiger partial charge in [-0.25, -0.2) is 0 Å². The van der Waals surface area contributed by atoms with Crippen molar-refractivity contribution in [1.82, 2.24) is 4.90 Å². The maximum Gasteiger partial charge on any atom is 0.238 e. The van der Waals surface area contributed by atoms with Crippen molar-refractivity contribution in [3.05, 3.63) is 37.5 Å². The summed E-state index contributed by atoms with van der Waals surface area (Å²) < 4.78 is 0. The van der Waals surface area contributed by atoms with E-state index in [2.05, 4.69) is 39.2 Å². The molecule has 5 rings (SSSR count). The lowest BCUT2D eigenvalue weighted by atomic mass is 9.63. The first kappa shape index (κ1) is 25.5. The van der Waals surface area contributed by atoms with E-state index >= 15 is 0 Å². The van der Waals surface area contributed by atoms with Gasteiger partial charge in [0.2, 0.25) is 5.91 Å². The SMILES string of the molecule is C=CCC(O)(CC=C)[C@@H]1/C=C\[C@H]2[C@H]3C(=O)N(CCCC)[C@@H]1[C@H](Cl)[C@H]3[NH+]2CCCC.[Cl-]. The Bertz CT molecular complexity index is 643. The van der Waals surface area contributed by atoms with Crippen molar-refractivity contribution in [2.45, 2.75) is 81.5 Å². The molecule has 0 radical (unpaired) electrons. The molecule has 4 aliphatic heterocycles. The number of piperidine rings is 1. The first-order valence-corrected chi connectivity index (χ1v) is 11.8. The highest BCUT2D eigenvalue weighted by atomic mass is 35.5. The fourth-order valence-electron chi connectivity index (χ4n) is 5.86. The lowest BCUT2D eigenvalue weighted by Gasteiger charge is -2.61. The quantitative estimate of drug-likeness (QED) is 0.332. The van der Waals surface area contributed by atoms with Crippen LogP contribution in [0.5, 0.6) is 0 Å². The van der Waals surface area contributed by atoms with Crippen LogP contribution in [0, 0.1) is 11.8 Å². The molecule has 30 heavy (non-hydrogen) atoms. The summed E-state index contributed by atoms with van der Waals surface area (Å²) in [6, 6.07) is 0.119. The Labute approximate surface area is 193 Å². The molecular formula is C24H38Cl2N2O2. The van der Waals surface area contributed by atoms with Crippen LogP contribution < -0.4 is 17.3 Å². The first-order chi connectivity index (χ1) is 13.9. The van der Waals surface area contributed by atoms with Crippen molar-refractivity contribution in [3.63, 3.8) is 0 Å². The van der Waals surface area contributed by atoms with E-state index in [9.17, 15) is 9.90 Å². The average molecular weight is 457 g/mol. The monoisotopic (exact) mass is 456 g/mol. The van der Waals surface area contributed by atoms with Gasteiger partial charge < -0.3 is 27.3 Å². The fraction of sp³-hybridized carbons (Fsp3) is 0.708. The largest absolute Gasteiger partial charge is 1.00 e. The van der Waals surface area contributed by atoms with Crippen LogP contribution in [0.1, 0.15) is 52.4 Å². The normalized spacial score (nSPS) is 35.7. The number of hydrogen-bond donors (Lipinski definition) is 2. The van der Waals surface area contributed by atoms with E-state index in [-0.39, 0.29) is 53.7 Å². The van der Waals surface area contributed by atoms with Gasteiger partial charge in [-0.05, 0) is 31.8 Å². The van der Waals surface area contributed by atoms with Crippen molar-refractivity contribution in [2.75, 3.05) is 13.1 Å². The second-order valence-electron chi connectivity index (χ2n) is 9.08. The molecule has 2 N–H and O–H groups in total. The number of aliphatic hydroxyl groups is 1. The molecule has 0 spiro atoms. The molecule has 4 heterocycles. The third-order valence-electron chi connectivity index (χ3n) is 7.31. The standard InChI is InChI=1S/C24H37ClN2O2.ClH/c1-5-9-15-26-18-12-11-17(24(29,13-7-3)14-8-4)21-20(25)22(26)19(18)23(28)27(21)16-10-6-2;/h7-8,11-12,17-22,29H,3-6,9-10,13-16H2,1-2H3;1H/b12-11-;/t17-,18+,19-,20+,21+,22+;/m1./s1. The Morgan fingerprint density at radius 1 is 1.20 bits per heavy atom. The van der Waals surface area contributed by atoms with Gasteiger partial charge >= 0.3 is 0 Å². The van der Waals surface area contributed by atoms with Crippen molar-refractivity contribution in [1.29, 1.82) is 0 Å². The number of halogens is 2. The van der Waals surface area contributed by atoms with E-state index in [4.69, 9.17) is 11.6 Å². The van der Waals surface area contributed by atoms with Crippen LogP contribution in [0.2, 0.25) is 0 Å². The van der Waals surface area contributed by atoms with Gasteiger partial charge in [-0.15, -0.1) is 24.8 Å². The number of rotatable bonds is 11. The van der Waals surface area contributed by atoms with Crippen molar-refractivity contribution in [3.8, 4) is 0 Å². The summed E-state index contributed by atoms with van der Waals surface area (Å²) in [5.41, 5.74) is -1.03. The van der Waals surface area contributed by atoms with E-state index in [1.807, 2.05) is 4.90 Å². The number of amides is 1. The van der Waals surface area contributed by atoms with Gasteiger partial charge in [0.1, 0.15) is 23.4 Å². The summed E-state index contributed by atoms with van der Waals surface area (Å²) in [5, 5.41) is 11.5. The fourth-order valence-corrected chi connectivity index (χ4v) is 6.47. The zero-order valence-corrected chi connectivity index (χ0v) is 19.9. The Balaban J connectivity index is 0.00000320. The highest BCUT2D eigenvalue weighted by Gasteiger charge is 2.67. The lowest BCUT2D eigenvalue weighted by Crippen LogP contribution is -3.30. The Morgan fingerprint density at radius 3 is 2.40 bits per heavy atom. The minimum atomic E-state index is -1.03. The van der Waals surface area contributed by atoms with Gasteiger partial charge in [0.15, 0.2) is 0 Å². The maximum absolute atomic E-state index is 13.6. The van der Waals surface area contributed by atoms with E-state index in [0.717, 1.165) is 32.2 Å². The predicted molar refractivity (Wildman–Crippen MR) is 119 cm³/mol. The van der Waals surface area contributed by atoms with E-state index in [0.29, 0.717) is 19.4 Å². The average Bonchev–Trinajstić information content (AvgIpc) is 2.65. The summed E-state index contributed by atoms with van der Waals surface area (Å²) in [6.45, 7) is 13.8. The highest BCUT2D eigenvalue weighted by Crippen LogP contribution is 2.44. The molecule has 1 amide bonds. The molecule has 4 bridgehead atoms. The molecule has 7 atom stereocenters. The molecule has 6 heteroatoms. The number of alkyl halides is 1. The molecule has 170 valence electrons. The summed E-state index contributed by atoms with van der Waals surface area (Å²) in [6.07, 6.45) is 13.1. The third kappa shape index (κ3) is 4.26. The molecule has 2 saturated heterocycles. The van der Waals surface area contributed by atoms with E-state index < -0.39 is 5.60 Å². The summed E-state index contributed by atoms with van der Waals surface area (Å²) >= 11 is 7.18. The van der Waals surface area contributed by atoms with E-state index in [1.165, 1.54) is 4.90 Å². The topological polar surface area (TPSA) is 45.0 Å². The van der Waals surface area contributed by atoms with Gasteiger partial charge in [0.05, 0.1) is 18.2 Å². The number of hydrogen-bond acceptors (Lipinski definition) is 2. The number of nitrogens with one attached hydrogen (secondary N) is 1.